The fourth-order valence-corrected chi connectivity index (χ4v) is 3.25. The van der Waals surface area contributed by atoms with Crippen molar-refractivity contribution in [2.45, 2.75) is 19.4 Å². The third kappa shape index (κ3) is 2.33. The first-order chi connectivity index (χ1) is 9.08. The maximum Gasteiger partial charge on any atom is 0.204 e. The maximum absolute atomic E-state index is 6.30. The molecule has 0 unspecified atom stereocenters. The summed E-state index contributed by atoms with van der Waals surface area (Å²) in [5, 5.41) is 1.49. The zero-order valence-corrected chi connectivity index (χ0v) is 12.6. The molecule has 0 bridgehead atoms. The number of rotatable bonds is 1. The lowest BCUT2D eigenvalue weighted by Gasteiger charge is -2.30. The second-order valence-electron chi connectivity index (χ2n) is 4.91. The molecule has 102 valence electrons. The molecular weight excluding hydrogens is 307 g/mol. The van der Waals surface area contributed by atoms with E-state index in [9.17, 15) is 0 Å². The number of halogens is 3. The van der Waals surface area contributed by atoms with Crippen LogP contribution in [0.15, 0.2) is 12.1 Å². The van der Waals surface area contributed by atoms with Crippen LogP contribution in [0.3, 0.4) is 0 Å². The molecule has 1 aromatic heterocycles. The minimum atomic E-state index is 0.281. The molecule has 1 aliphatic heterocycles. The molecule has 0 saturated carbocycles. The summed E-state index contributed by atoms with van der Waals surface area (Å²) in [5.74, 6) is 0.387. The van der Waals surface area contributed by atoms with E-state index in [1.54, 1.807) is 6.07 Å². The van der Waals surface area contributed by atoms with Gasteiger partial charge in [0.15, 0.2) is 0 Å². The summed E-state index contributed by atoms with van der Waals surface area (Å²) in [6, 6.07) is 3.87. The van der Waals surface area contributed by atoms with Gasteiger partial charge < -0.3 is 9.30 Å². The van der Waals surface area contributed by atoms with Crippen molar-refractivity contribution >= 4 is 45.8 Å². The predicted octanol–water partition coefficient (Wildman–Crippen LogP) is 4.59. The zero-order valence-electron chi connectivity index (χ0n) is 10.4. The normalized spacial score (nSPS) is 24.0. The van der Waals surface area contributed by atoms with Crippen molar-refractivity contribution in [3.05, 3.63) is 27.5 Å². The van der Waals surface area contributed by atoms with Gasteiger partial charge in [-0.15, -0.1) is 0 Å². The summed E-state index contributed by atoms with van der Waals surface area (Å²) in [4.78, 5) is 4.37. The first-order valence-corrected chi connectivity index (χ1v) is 7.31. The van der Waals surface area contributed by atoms with Crippen molar-refractivity contribution < 1.29 is 4.74 Å². The van der Waals surface area contributed by atoms with Crippen LogP contribution in [-0.2, 0) is 4.74 Å². The highest BCUT2D eigenvalue weighted by molar-refractivity contribution is 6.42. The van der Waals surface area contributed by atoms with Crippen molar-refractivity contribution in [2.24, 2.45) is 5.92 Å². The van der Waals surface area contributed by atoms with Gasteiger partial charge >= 0.3 is 0 Å². The van der Waals surface area contributed by atoms with Gasteiger partial charge in [-0.3, -0.25) is 0 Å². The van der Waals surface area contributed by atoms with E-state index in [4.69, 9.17) is 39.5 Å². The highest BCUT2D eigenvalue weighted by Gasteiger charge is 2.27. The van der Waals surface area contributed by atoms with Crippen LogP contribution < -0.4 is 0 Å². The van der Waals surface area contributed by atoms with Crippen LogP contribution in [0.1, 0.15) is 19.4 Å². The van der Waals surface area contributed by atoms with Gasteiger partial charge in [-0.25, -0.2) is 4.98 Å². The second kappa shape index (κ2) is 5.13. The van der Waals surface area contributed by atoms with Crippen molar-refractivity contribution in [1.29, 1.82) is 0 Å². The molecule has 0 N–H and O–H groups in total. The first-order valence-electron chi connectivity index (χ1n) is 6.18. The number of hydrogen-bond acceptors (Lipinski definition) is 2. The van der Waals surface area contributed by atoms with Crippen molar-refractivity contribution in [3.8, 4) is 0 Å². The van der Waals surface area contributed by atoms with Gasteiger partial charge in [-0.1, -0.05) is 30.1 Å². The van der Waals surface area contributed by atoms with E-state index in [1.807, 2.05) is 10.6 Å². The summed E-state index contributed by atoms with van der Waals surface area (Å²) in [6.45, 7) is 3.64. The van der Waals surface area contributed by atoms with Crippen LogP contribution in [0.4, 0.5) is 0 Å². The molecule has 2 atom stereocenters. The molecule has 3 rings (SSSR count). The van der Waals surface area contributed by atoms with E-state index in [2.05, 4.69) is 11.9 Å². The molecule has 1 aliphatic rings. The summed E-state index contributed by atoms with van der Waals surface area (Å²) >= 11 is 18.4. The molecule has 0 amide bonds. The number of ether oxygens (including phenoxy) is 1. The Morgan fingerprint density at radius 1 is 1.26 bits per heavy atom. The topological polar surface area (TPSA) is 27.1 Å². The molecule has 19 heavy (non-hydrogen) atoms. The third-order valence-corrected chi connectivity index (χ3v) is 4.60. The number of fused-ring (bicyclic) bond motifs is 1. The highest BCUT2D eigenvalue weighted by Crippen LogP contribution is 2.36. The van der Waals surface area contributed by atoms with E-state index in [1.165, 1.54) is 0 Å². The molecule has 6 heteroatoms. The lowest BCUT2D eigenvalue weighted by Crippen LogP contribution is -2.28. The van der Waals surface area contributed by atoms with Crippen LogP contribution >= 0.6 is 34.8 Å². The molecule has 2 aromatic rings. The number of imidazole rings is 1. The third-order valence-electron chi connectivity index (χ3n) is 3.62. The van der Waals surface area contributed by atoms with E-state index in [0.29, 0.717) is 21.2 Å². The van der Waals surface area contributed by atoms with Gasteiger partial charge in [-0.05, 0) is 30.2 Å². The average Bonchev–Trinajstić information content (AvgIpc) is 2.66. The minimum Gasteiger partial charge on any atom is -0.381 e. The standard InChI is InChI=1S/C13H13Cl3N2O/c1-7-6-19-3-2-11(7)18-12-5-9(15)8(14)4-10(12)17-13(18)16/h4-5,7,11H,2-3,6H2,1H3/t7-,11-/m0/s1. The van der Waals surface area contributed by atoms with Gasteiger partial charge in [0.1, 0.15) is 0 Å². The van der Waals surface area contributed by atoms with Gasteiger partial charge in [0.25, 0.3) is 0 Å². The molecule has 1 aromatic carbocycles. The maximum atomic E-state index is 6.30. The highest BCUT2D eigenvalue weighted by atomic mass is 35.5. The Bertz CT molecular complexity index is 626. The zero-order chi connectivity index (χ0) is 13.6. The van der Waals surface area contributed by atoms with E-state index in [-0.39, 0.29) is 6.04 Å². The van der Waals surface area contributed by atoms with Gasteiger partial charge in [0.05, 0.1) is 27.7 Å². The quantitative estimate of drug-likeness (QED) is 0.768. The second-order valence-corrected chi connectivity index (χ2v) is 6.07. The Labute approximate surface area is 126 Å². The van der Waals surface area contributed by atoms with Gasteiger partial charge in [0, 0.05) is 18.6 Å². The molecule has 1 fully saturated rings. The molecular formula is C13H13Cl3N2O. The summed E-state index contributed by atoms with van der Waals surface area (Å²) in [5.41, 5.74) is 1.70. The largest absolute Gasteiger partial charge is 0.381 e. The summed E-state index contributed by atoms with van der Waals surface area (Å²) in [7, 11) is 0. The number of nitrogens with zero attached hydrogens (tertiary/aromatic N) is 2. The van der Waals surface area contributed by atoms with Crippen LogP contribution in [0, 0.1) is 5.92 Å². The lowest BCUT2D eigenvalue weighted by atomic mass is 9.97. The Balaban J connectivity index is 2.16. The van der Waals surface area contributed by atoms with E-state index >= 15 is 0 Å². The average molecular weight is 320 g/mol. The lowest BCUT2D eigenvalue weighted by molar-refractivity contribution is 0.0299. The van der Waals surface area contributed by atoms with Crippen molar-refractivity contribution in [1.82, 2.24) is 9.55 Å². The number of aromatic nitrogens is 2. The molecule has 0 radical (unpaired) electrons. The van der Waals surface area contributed by atoms with E-state index in [0.717, 1.165) is 30.7 Å². The Morgan fingerprint density at radius 3 is 2.74 bits per heavy atom. The fraction of sp³-hybridized carbons (Fsp3) is 0.462. The molecule has 3 nitrogen and oxygen atoms in total. The number of hydrogen-bond donors (Lipinski definition) is 0. The minimum absolute atomic E-state index is 0.281. The van der Waals surface area contributed by atoms with Crippen LogP contribution in [0.2, 0.25) is 15.3 Å². The van der Waals surface area contributed by atoms with Gasteiger partial charge in [0.2, 0.25) is 5.28 Å². The Hall–Kier alpha value is -0.480. The van der Waals surface area contributed by atoms with E-state index < -0.39 is 0 Å². The Kier molecular flexibility index (Phi) is 3.65. The van der Waals surface area contributed by atoms with Crippen LogP contribution in [-0.4, -0.2) is 22.8 Å². The summed E-state index contributed by atoms with van der Waals surface area (Å²) < 4.78 is 7.53. The first kappa shape index (κ1) is 13.5. The molecule has 1 saturated heterocycles. The summed E-state index contributed by atoms with van der Waals surface area (Å²) in [6.07, 6.45) is 0.923. The monoisotopic (exact) mass is 318 g/mol. The molecule has 0 spiro atoms. The van der Waals surface area contributed by atoms with Gasteiger partial charge in [-0.2, -0.15) is 0 Å². The SMILES string of the molecule is C[C@H]1COCC[C@@H]1n1c(Cl)nc2cc(Cl)c(Cl)cc21. The predicted molar refractivity (Wildman–Crippen MR) is 78.4 cm³/mol. The van der Waals surface area contributed by atoms with Crippen molar-refractivity contribution in [3.63, 3.8) is 0 Å². The smallest absolute Gasteiger partial charge is 0.204 e. The van der Waals surface area contributed by atoms with Crippen molar-refractivity contribution in [2.75, 3.05) is 13.2 Å². The fourth-order valence-electron chi connectivity index (χ4n) is 2.63. The van der Waals surface area contributed by atoms with Crippen LogP contribution in [0.25, 0.3) is 11.0 Å². The molecule has 0 aliphatic carbocycles. The Morgan fingerprint density at radius 2 is 2.00 bits per heavy atom. The molecule has 2 heterocycles. The number of benzene rings is 1. The van der Waals surface area contributed by atoms with Crippen LogP contribution in [0.5, 0.6) is 0 Å².